The number of rotatable bonds is 4. The second-order valence-electron chi connectivity index (χ2n) is 2.91. The molecule has 0 aliphatic heterocycles. The Hall–Kier alpha value is -0.963. The maximum atomic E-state index is 5.63. The molecule has 0 radical (unpaired) electrons. The molecule has 1 aromatic carbocycles. The van der Waals surface area contributed by atoms with Crippen molar-refractivity contribution in [2.24, 2.45) is 0 Å². The molecule has 0 saturated carbocycles. The number of hydrogen-bond donors (Lipinski definition) is 2. The van der Waals surface area contributed by atoms with Crippen LogP contribution in [-0.4, -0.2) is 16.8 Å². The van der Waals surface area contributed by atoms with Crippen LogP contribution in [-0.2, 0) is 0 Å². The third kappa shape index (κ3) is 2.96. The van der Waals surface area contributed by atoms with E-state index in [0.717, 1.165) is 17.9 Å². The summed E-state index contributed by atoms with van der Waals surface area (Å²) < 4.78 is 0. The zero-order chi connectivity index (χ0) is 8.81. The van der Waals surface area contributed by atoms with Crippen LogP contribution in [0.3, 0.4) is 0 Å². The smallest absolute Gasteiger partial charge is 0.0360 e. The summed E-state index contributed by atoms with van der Waals surface area (Å²) in [6.07, 6.45) is 1.26. The van der Waals surface area contributed by atoms with Gasteiger partial charge in [-0.05, 0) is 24.6 Å². The number of benzene rings is 1. The predicted molar refractivity (Wildman–Crippen MR) is 58.7 cm³/mol. The Morgan fingerprint density at radius 3 is 2.92 bits per heavy atom. The summed E-state index contributed by atoms with van der Waals surface area (Å²) in [5.41, 5.74) is 7.58. The molecule has 3 heteroatoms. The van der Waals surface area contributed by atoms with Gasteiger partial charge >= 0.3 is 0 Å². The summed E-state index contributed by atoms with van der Waals surface area (Å²) >= 11 is 0. The summed E-state index contributed by atoms with van der Waals surface area (Å²) in [7, 11) is 1.30. The van der Waals surface area contributed by atoms with E-state index in [4.69, 9.17) is 5.73 Å². The van der Waals surface area contributed by atoms with Crippen molar-refractivity contribution < 1.29 is 0 Å². The lowest BCUT2D eigenvalue weighted by Crippen LogP contribution is -2.01. The van der Waals surface area contributed by atoms with Gasteiger partial charge in [-0.25, -0.2) is 0 Å². The van der Waals surface area contributed by atoms with E-state index in [2.05, 4.69) is 5.32 Å². The largest absolute Gasteiger partial charge is 0.399 e. The highest BCUT2D eigenvalue weighted by Crippen LogP contribution is 2.11. The second kappa shape index (κ2) is 4.82. The van der Waals surface area contributed by atoms with E-state index in [9.17, 15) is 0 Å². The topological polar surface area (TPSA) is 38.0 Å². The lowest BCUT2D eigenvalue weighted by molar-refractivity contribution is 0.977. The highest BCUT2D eigenvalue weighted by molar-refractivity contribution is 6.08. The van der Waals surface area contributed by atoms with Gasteiger partial charge in [0, 0.05) is 28.2 Å². The van der Waals surface area contributed by atoms with E-state index in [1.54, 1.807) is 0 Å². The molecule has 0 heterocycles. The fraction of sp³-hybridized carbons (Fsp3) is 0.333. The van der Waals surface area contributed by atoms with Crippen molar-refractivity contribution in [3.8, 4) is 0 Å². The summed E-state index contributed by atoms with van der Waals surface area (Å²) in [5, 5.41) is 3.33. The molecule has 0 aromatic heterocycles. The van der Waals surface area contributed by atoms with E-state index >= 15 is 0 Å². The van der Waals surface area contributed by atoms with E-state index in [0.29, 0.717) is 0 Å². The van der Waals surface area contributed by atoms with Gasteiger partial charge in [-0.15, -0.1) is 0 Å². The highest BCUT2D eigenvalue weighted by atomic mass is 28.1. The fourth-order valence-corrected chi connectivity index (χ4v) is 1.41. The molecule has 0 saturated heterocycles. The number of nitrogen functional groups attached to an aromatic ring is 1. The normalized spacial score (nSPS) is 10.0. The number of nitrogens with one attached hydrogen (secondary N) is 1. The maximum Gasteiger partial charge on any atom is 0.0360 e. The minimum absolute atomic E-state index is 0.825. The van der Waals surface area contributed by atoms with E-state index < -0.39 is 0 Å². The number of anilines is 2. The summed E-state index contributed by atoms with van der Waals surface area (Å²) in [5.74, 6) is 0. The van der Waals surface area contributed by atoms with Crippen molar-refractivity contribution in [3.05, 3.63) is 24.3 Å². The first kappa shape index (κ1) is 9.13. The van der Waals surface area contributed by atoms with Gasteiger partial charge in [0.05, 0.1) is 0 Å². The Morgan fingerprint density at radius 1 is 1.42 bits per heavy atom. The van der Waals surface area contributed by atoms with Crippen LogP contribution in [0.1, 0.15) is 6.42 Å². The molecule has 0 fully saturated rings. The highest BCUT2D eigenvalue weighted by Gasteiger charge is 1.90. The quantitative estimate of drug-likeness (QED) is 0.410. The number of nitrogens with two attached hydrogens (primary N) is 1. The molecular weight excluding hydrogens is 164 g/mol. The van der Waals surface area contributed by atoms with Crippen LogP contribution in [0.4, 0.5) is 11.4 Å². The molecule has 0 aliphatic carbocycles. The Balaban J connectivity index is 2.41. The second-order valence-corrected chi connectivity index (χ2v) is 3.91. The first-order valence-corrected chi connectivity index (χ1v) is 5.83. The van der Waals surface area contributed by atoms with Crippen LogP contribution in [0.5, 0.6) is 0 Å². The molecule has 3 N–H and O–H groups in total. The molecule has 0 atom stereocenters. The van der Waals surface area contributed by atoms with Crippen LogP contribution in [0, 0.1) is 0 Å². The predicted octanol–water partition coefficient (Wildman–Crippen LogP) is 0.854. The van der Waals surface area contributed by atoms with Crippen LogP contribution in [0.25, 0.3) is 0 Å². The van der Waals surface area contributed by atoms with E-state index in [1.807, 2.05) is 24.3 Å². The van der Waals surface area contributed by atoms with Gasteiger partial charge in [-0.2, -0.15) is 0 Å². The summed E-state index contributed by atoms with van der Waals surface area (Å²) in [4.78, 5) is 0. The van der Waals surface area contributed by atoms with Crippen molar-refractivity contribution in [1.29, 1.82) is 0 Å². The maximum absolute atomic E-state index is 5.63. The van der Waals surface area contributed by atoms with Gasteiger partial charge in [0.25, 0.3) is 0 Å². The molecule has 0 unspecified atom stereocenters. The average molecular weight is 180 g/mol. The van der Waals surface area contributed by atoms with E-state index in [-0.39, 0.29) is 0 Å². The first-order valence-electron chi connectivity index (χ1n) is 4.42. The molecule has 66 valence electrons. The summed E-state index contributed by atoms with van der Waals surface area (Å²) in [6, 6.07) is 9.24. The third-order valence-corrected chi connectivity index (χ3v) is 2.45. The van der Waals surface area contributed by atoms with Gasteiger partial charge < -0.3 is 11.1 Å². The fourth-order valence-electron chi connectivity index (χ4n) is 1.06. The van der Waals surface area contributed by atoms with Crippen molar-refractivity contribution >= 4 is 21.6 Å². The lowest BCUT2D eigenvalue weighted by Gasteiger charge is -2.05. The molecule has 0 amide bonds. The molecule has 1 aromatic rings. The van der Waals surface area contributed by atoms with Crippen LogP contribution >= 0.6 is 0 Å². The minimum Gasteiger partial charge on any atom is -0.399 e. The molecule has 0 bridgehead atoms. The van der Waals surface area contributed by atoms with Gasteiger partial charge in [0.1, 0.15) is 0 Å². The minimum atomic E-state index is 0.825. The van der Waals surface area contributed by atoms with Crippen LogP contribution in [0.2, 0.25) is 6.04 Å². The van der Waals surface area contributed by atoms with E-state index in [1.165, 1.54) is 22.7 Å². The Kier molecular flexibility index (Phi) is 3.67. The molecular formula is C9H16N2Si. The lowest BCUT2D eigenvalue weighted by atomic mass is 10.3. The Labute approximate surface area is 76.6 Å². The number of hydrogen-bond acceptors (Lipinski definition) is 2. The van der Waals surface area contributed by atoms with Gasteiger partial charge in [0.2, 0.25) is 0 Å². The third-order valence-electron chi connectivity index (χ3n) is 1.75. The van der Waals surface area contributed by atoms with Crippen LogP contribution < -0.4 is 11.1 Å². The van der Waals surface area contributed by atoms with Gasteiger partial charge in [-0.1, -0.05) is 12.1 Å². The molecule has 2 nitrogen and oxygen atoms in total. The zero-order valence-corrected chi connectivity index (χ0v) is 9.51. The van der Waals surface area contributed by atoms with Crippen molar-refractivity contribution in [2.75, 3.05) is 17.6 Å². The van der Waals surface area contributed by atoms with Crippen molar-refractivity contribution in [3.63, 3.8) is 0 Å². The SMILES string of the molecule is Nc1cccc(NCCC[SiH3])c1. The monoisotopic (exact) mass is 180 g/mol. The Bertz CT molecular complexity index is 238. The van der Waals surface area contributed by atoms with Gasteiger partial charge in [-0.3, -0.25) is 0 Å². The first-order chi connectivity index (χ1) is 5.83. The zero-order valence-electron chi connectivity index (χ0n) is 7.51. The molecule has 12 heavy (non-hydrogen) atoms. The Morgan fingerprint density at radius 2 is 2.25 bits per heavy atom. The standard InChI is InChI=1S/C9H16N2Si/c10-8-3-1-4-9(7-8)11-5-2-6-12/h1,3-4,7,11H,2,5-6,10H2,12H3. The van der Waals surface area contributed by atoms with Crippen LogP contribution in [0.15, 0.2) is 24.3 Å². The average Bonchev–Trinajstić information content (AvgIpc) is 2.05. The molecule has 0 spiro atoms. The molecule has 1 rings (SSSR count). The van der Waals surface area contributed by atoms with Crippen molar-refractivity contribution in [2.45, 2.75) is 12.5 Å². The summed E-state index contributed by atoms with van der Waals surface area (Å²) in [6.45, 7) is 1.06. The van der Waals surface area contributed by atoms with Gasteiger partial charge in [0.15, 0.2) is 0 Å². The molecule has 0 aliphatic rings. The van der Waals surface area contributed by atoms with Crippen molar-refractivity contribution in [1.82, 2.24) is 0 Å².